The molecule has 0 N–H and O–H groups in total. The van der Waals surface area contributed by atoms with Gasteiger partial charge >= 0.3 is 12.1 Å². The minimum atomic E-state index is -3.48. The zero-order chi connectivity index (χ0) is 26.3. The molecule has 0 saturated heterocycles. The molecule has 4 rings (SSSR count). The number of ether oxygens (including phenoxy) is 3. The van der Waals surface area contributed by atoms with E-state index in [1.165, 1.54) is 42.2 Å². The van der Waals surface area contributed by atoms with Crippen LogP contribution in [0.1, 0.15) is 54.9 Å². The second kappa shape index (κ2) is 12.0. The van der Waals surface area contributed by atoms with Crippen LogP contribution in [-0.2, 0) is 28.5 Å². The van der Waals surface area contributed by atoms with Gasteiger partial charge in [-0.25, -0.2) is 4.79 Å². The normalized spacial score (nSPS) is 12.0. The third-order valence-corrected chi connectivity index (χ3v) is 6.39. The smallest absolute Gasteiger partial charge is 0.426 e. The first-order valence-corrected chi connectivity index (χ1v) is 12.7. The van der Waals surface area contributed by atoms with E-state index in [1.807, 2.05) is 0 Å². The number of hydrogen-bond acceptors (Lipinski definition) is 4. The van der Waals surface area contributed by atoms with Crippen molar-refractivity contribution in [2.45, 2.75) is 51.6 Å². The highest BCUT2D eigenvalue weighted by Crippen LogP contribution is 2.41. The number of unbranched alkanes of at least 4 members (excludes halogenated alkanes) is 2. The molecule has 0 unspecified atom stereocenters. The van der Waals surface area contributed by atoms with Crippen LogP contribution in [0.4, 0.5) is 8.78 Å². The van der Waals surface area contributed by atoms with E-state index >= 15 is 8.78 Å². The van der Waals surface area contributed by atoms with E-state index < -0.39 is 12.1 Å². The predicted molar refractivity (Wildman–Crippen MR) is 140 cm³/mol. The molecule has 0 fully saturated rings. The summed E-state index contributed by atoms with van der Waals surface area (Å²) in [7, 11) is 0. The Hall–Kier alpha value is -3.67. The molecule has 0 spiro atoms. The highest BCUT2D eigenvalue weighted by atomic mass is 19.3. The van der Waals surface area contributed by atoms with Crippen molar-refractivity contribution in [3.63, 3.8) is 0 Å². The lowest BCUT2D eigenvalue weighted by molar-refractivity contribution is -0.185. The Morgan fingerprint density at radius 2 is 1.62 bits per heavy atom. The first-order valence-electron chi connectivity index (χ1n) is 12.7. The zero-order valence-electron chi connectivity index (χ0n) is 21.1. The van der Waals surface area contributed by atoms with Crippen molar-refractivity contribution in [1.29, 1.82) is 0 Å². The Morgan fingerprint density at radius 1 is 0.919 bits per heavy atom. The van der Waals surface area contributed by atoms with Gasteiger partial charge in [-0.1, -0.05) is 50.6 Å². The number of alkyl halides is 2. The average molecular weight is 507 g/mol. The Balaban J connectivity index is 1.35. The fourth-order valence-corrected chi connectivity index (χ4v) is 4.47. The van der Waals surface area contributed by atoms with Crippen LogP contribution in [0.2, 0.25) is 0 Å². The maximum Gasteiger partial charge on any atom is 0.426 e. The summed E-state index contributed by atoms with van der Waals surface area (Å²) >= 11 is 0. The minimum absolute atomic E-state index is 0.0396. The summed E-state index contributed by atoms with van der Waals surface area (Å²) in [6.07, 6.45) is 3.37. The van der Waals surface area contributed by atoms with E-state index in [4.69, 9.17) is 14.2 Å². The van der Waals surface area contributed by atoms with Gasteiger partial charge < -0.3 is 14.2 Å². The molecule has 0 saturated carbocycles. The number of halogens is 2. The molecule has 0 radical (unpaired) electrons. The Kier molecular flexibility index (Phi) is 8.59. The molecule has 1 aliphatic carbocycles. The molecule has 194 valence electrons. The zero-order valence-corrected chi connectivity index (χ0v) is 21.1. The second-order valence-corrected chi connectivity index (χ2v) is 9.16. The molecule has 0 heterocycles. The van der Waals surface area contributed by atoms with Gasteiger partial charge in [-0.3, -0.25) is 0 Å². The van der Waals surface area contributed by atoms with E-state index in [2.05, 4.69) is 31.7 Å². The molecule has 1 aliphatic rings. The summed E-state index contributed by atoms with van der Waals surface area (Å²) in [6.45, 7) is 6.05. The Labute approximate surface area is 216 Å². The summed E-state index contributed by atoms with van der Waals surface area (Å²) < 4.78 is 45.6. The van der Waals surface area contributed by atoms with Gasteiger partial charge in [-0.2, -0.15) is 8.78 Å². The van der Waals surface area contributed by atoms with Crippen molar-refractivity contribution in [3.05, 3.63) is 95.6 Å². The summed E-state index contributed by atoms with van der Waals surface area (Å²) in [5, 5.41) is 0. The number of rotatable bonds is 13. The quantitative estimate of drug-likeness (QED) is 0.106. The van der Waals surface area contributed by atoms with Crippen LogP contribution in [-0.4, -0.2) is 19.2 Å². The van der Waals surface area contributed by atoms with Crippen molar-refractivity contribution in [2.75, 3.05) is 13.2 Å². The largest absolute Gasteiger partial charge is 0.493 e. The van der Waals surface area contributed by atoms with Crippen molar-refractivity contribution >= 4 is 5.97 Å². The topological polar surface area (TPSA) is 44.8 Å². The van der Waals surface area contributed by atoms with Gasteiger partial charge in [-0.05, 0) is 83.5 Å². The van der Waals surface area contributed by atoms with Crippen LogP contribution in [0.5, 0.6) is 11.5 Å². The van der Waals surface area contributed by atoms with Crippen LogP contribution in [0, 0.1) is 0 Å². The first-order chi connectivity index (χ1) is 17.9. The fraction of sp³-hybridized carbons (Fsp3) is 0.323. The van der Waals surface area contributed by atoms with E-state index in [-0.39, 0.29) is 17.9 Å². The Morgan fingerprint density at radius 3 is 2.35 bits per heavy atom. The van der Waals surface area contributed by atoms with Crippen molar-refractivity contribution in [3.8, 4) is 22.6 Å². The molecular formula is C31H32F2O4. The van der Waals surface area contributed by atoms with Crippen LogP contribution >= 0.6 is 0 Å². The second-order valence-electron chi connectivity index (χ2n) is 9.16. The van der Waals surface area contributed by atoms with Crippen LogP contribution in [0.3, 0.4) is 0 Å². The molecule has 6 heteroatoms. The summed E-state index contributed by atoms with van der Waals surface area (Å²) in [6, 6.07) is 17.3. The van der Waals surface area contributed by atoms with Crippen molar-refractivity contribution in [1.82, 2.24) is 0 Å². The van der Waals surface area contributed by atoms with Gasteiger partial charge in [-0.15, -0.1) is 0 Å². The Bertz CT molecular complexity index is 1230. The standard InChI is InChI=1S/C31H32F2O4/c1-3-5-6-8-22-9-15-28-23(19-22)20-24-21-25(10-16-29(24)28)31(32,33)37-27-13-11-26(12-14-27)35-17-7-18-36-30(34)4-2/h4,9-16,19,21H,2-3,5-8,17-18,20H2,1H3. The van der Waals surface area contributed by atoms with Gasteiger partial charge in [0, 0.05) is 12.5 Å². The third kappa shape index (κ3) is 6.76. The molecule has 4 nitrogen and oxygen atoms in total. The molecular weight excluding hydrogens is 474 g/mol. The maximum atomic E-state index is 15.1. The van der Waals surface area contributed by atoms with Gasteiger partial charge in [0.25, 0.3) is 0 Å². The first kappa shape index (κ1) is 26.4. The summed E-state index contributed by atoms with van der Waals surface area (Å²) in [5.41, 5.74) is 5.35. The predicted octanol–water partition coefficient (Wildman–Crippen LogP) is 7.62. The van der Waals surface area contributed by atoms with Gasteiger partial charge in [0.15, 0.2) is 0 Å². The van der Waals surface area contributed by atoms with E-state index in [0.717, 1.165) is 35.6 Å². The lowest BCUT2D eigenvalue weighted by atomic mass is 10.00. The molecule has 3 aromatic carbocycles. The lowest BCUT2D eigenvalue weighted by Gasteiger charge is -2.19. The van der Waals surface area contributed by atoms with Gasteiger partial charge in [0.2, 0.25) is 0 Å². The number of carbonyl (C=O) groups excluding carboxylic acids is 1. The number of aryl methyl sites for hydroxylation is 1. The van der Waals surface area contributed by atoms with E-state index in [1.54, 1.807) is 24.3 Å². The van der Waals surface area contributed by atoms with Crippen molar-refractivity contribution < 1.29 is 27.8 Å². The molecule has 3 aromatic rings. The molecule has 37 heavy (non-hydrogen) atoms. The number of hydrogen-bond donors (Lipinski definition) is 0. The summed E-state index contributed by atoms with van der Waals surface area (Å²) in [5.74, 6) is 0.0649. The van der Waals surface area contributed by atoms with Crippen LogP contribution < -0.4 is 9.47 Å². The maximum absolute atomic E-state index is 15.1. The molecule has 0 aromatic heterocycles. The summed E-state index contributed by atoms with van der Waals surface area (Å²) in [4.78, 5) is 11.0. The van der Waals surface area contributed by atoms with Crippen LogP contribution in [0.15, 0.2) is 73.3 Å². The average Bonchev–Trinajstić information content (AvgIpc) is 3.26. The number of esters is 1. The highest BCUT2D eigenvalue weighted by molar-refractivity contribution is 5.81. The highest BCUT2D eigenvalue weighted by Gasteiger charge is 2.36. The van der Waals surface area contributed by atoms with Gasteiger partial charge in [0.05, 0.1) is 18.8 Å². The molecule has 0 bridgehead atoms. The van der Waals surface area contributed by atoms with E-state index in [0.29, 0.717) is 25.2 Å². The van der Waals surface area contributed by atoms with Gasteiger partial charge in [0.1, 0.15) is 11.5 Å². The number of fused-ring (bicyclic) bond motifs is 3. The van der Waals surface area contributed by atoms with Crippen molar-refractivity contribution in [2.24, 2.45) is 0 Å². The third-order valence-electron chi connectivity index (χ3n) is 6.39. The molecule has 0 aliphatic heterocycles. The molecule has 0 atom stereocenters. The van der Waals surface area contributed by atoms with E-state index in [9.17, 15) is 4.79 Å². The van der Waals surface area contributed by atoms with Crippen LogP contribution in [0.25, 0.3) is 11.1 Å². The monoisotopic (exact) mass is 506 g/mol. The molecule has 0 amide bonds. The number of carbonyl (C=O) groups is 1. The number of benzene rings is 3. The minimum Gasteiger partial charge on any atom is -0.493 e. The SMILES string of the molecule is C=CC(=O)OCCCOc1ccc(OC(F)(F)c2ccc3c(c2)Cc2cc(CCCCC)ccc2-3)cc1. The lowest BCUT2D eigenvalue weighted by Crippen LogP contribution is -2.22. The fourth-order valence-electron chi connectivity index (χ4n) is 4.47.